The summed E-state index contributed by atoms with van der Waals surface area (Å²) in [4.78, 5) is 19.9. The highest BCUT2D eigenvalue weighted by Crippen LogP contribution is 2.30. The number of ether oxygens (including phenoxy) is 2. The summed E-state index contributed by atoms with van der Waals surface area (Å²) in [5, 5.41) is 12.5. The zero-order chi connectivity index (χ0) is 23.2. The van der Waals surface area contributed by atoms with Gasteiger partial charge < -0.3 is 19.8 Å². The van der Waals surface area contributed by atoms with Crippen molar-refractivity contribution >= 4 is 34.3 Å². The van der Waals surface area contributed by atoms with E-state index in [0.717, 1.165) is 27.8 Å². The maximum Gasteiger partial charge on any atom is 0.262 e. The Morgan fingerprint density at radius 2 is 1.91 bits per heavy atom. The number of nitrogens with one attached hydrogen (secondary N) is 2. The van der Waals surface area contributed by atoms with Crippen molar-refractivity contribution in [2.24, 2.45) is 0 Å². The first-order valence-corrected chi connectivity index (χ1v) is 10.3. The molecule has 1 amide bonds. The average molecular weight is 438 g/mol. The maximum absolute atomic E-state index is 12.3. The first-order valence-electron chi connectivity index (χ1n) is 10.3. The molecular formula is C26H22N4O3. The van der Waals surface area contributed by atoms with Gasteiger partial charge in [0, 0.05) is 5.69 Å². The molecule has 0 radical (unpaired) electrons. The van der Waals surface area contributed by atoms with E-state index in [-0.39, 0.29) is 12.5 Å². The molecule has 0 atom stereocenters. The fourth-order valence-corrected chi connectivity index (χ4v) is 3.34. The molecular weight excluding hydrogens is 416 g/mol. The predicted octanol–water partition coefficient (Wildman–Crippen LogP) is 4.96. The number of carbonyl (C=O) groups is 1. The third-order valence-electron chi connectivity index (χ3n) is 5.04. The Hall–Kier alpha value is -4.57. The number of imidazole rings is 1. The average Bonchev–Trinajstić information content (AvgIpc) is 3.27. The minimum atomic E-state index is -0.271. The van der Waals surface area contributed by atoms with Crippen molar-refractivity contribution in [3.8, 4) is 17.6 Å². The second kappa shape index (κ2) is 9.71. The number of allylic oxidation sites excluding steroid dienone is 1. The SMILES string of the molecule is COc1cc(/C=C(\C#N)c2nc3ccccc3[nH]2)ccc1OCC(=O)Nc1ccccc1C. The van der Waals surface area contributed by atoms with Gasteiger partial charge in [0.15, 0.2) is 18.1 Å². The van der Waals surface area contributed by atoms with Crippen molar-refractivity contribution in [1.82, 2.24) is 9.97 Å². The smallest absolute Gasteiger partial charge is 0.262 e. The fourth-order valence-electron chi connectivity index (χ4n) is 3.34. The van der Waals surface area contributed by atoms with Gasteiger partial charge in [0.25, 0.3) is 5.91 Å². The number of benzene rings is 3. The zero-order valence-corrected chi connectivity index (χ0v) is 18.3. The van der Waals surface area contributed by atoms with Crippen molar-refractivity contribution in [3.63, 3.8) is 0 Å². The molecule has 1 aromatic heterocycles. The van der Waals surface area contributed by atoms with Crippen molar-refractivity contribution in [3.05, 3.63) is 83.7 Å². The van der Waals surface area contributed by atoms with Crippen LogP contribution in [-0.2, 0) is 4.79 Å². The number of aromatic nitrogens is 2. The van der Waals surface area contributed by atoms with Crippen LogP contribution in [0.25, 0.3) is 22.7 Å². The van der Waals surface area contributed by atoms with Crippen molar-refractivity contribution < 1.29 is 14.3 Å². The van der Waals surface area contributed by atoms with E-state index in [9.17, 15) is 10.1 Å². The van der Waals surface area contributed by atoms with Crippen LogP contribution < -0.4 is 14.8 Å². The van der Waals surface area contributed by atoms with E-state index in [1.807, 2.05) is 55.5 Å². The second-order valence-corrected chi connectivity index (χ2v) is 7.33. The van der Waals surface area contributed by atoms with Gasteiger partial charge in [0.2, 0.25) is 0 Å². The molecule has 0 bridgehead atoms. The topological polar surface area (TPSA) is 100 Å². The van der Waals surface area contributed by atoms with E-state index in [4.69, 9.17) is 9.47 Å². The summed E-state index contributed by atoms with van der Waals surface area (Å²) in [6.07, 6.45) is 1.72. The Morgan fingerprint density at radius 3 is 2.67 bits per heavy atom. The normalized spacial score (nSPS) is 11.1. The molecule has 0 aliphatic carbocycles. The third kappa shape index (κ3) is 5.02. The van der Waals surface area contributed by atoms with Gasteiger partial charge >= 0.3 is 0 Å². The summed E-state index contributed by atoms with van der Waals surface area (Å²) in [7, 11) is 1.52. The Balaban J connectivity index is 1.49. The zero-order valence-electron chi connectivity index (χ0n) is 18.3. The summed E-state index contributed by atoms with van der Waals surface area (Å²) >= 11 is 0. The van der Waals surface area contributed by atoms with E-state index in [1.165, 1.54) is 7.11 Å². The summed E-state index contributed by atoms with van der Waals surface area (Å²) in [6.45, 7) is 1.76. The van der Waals surface area contributed by atoms with E-state index in [2.05, 4.69) is 21.4 Å². The van der Waals surface area contributed by atoms with Crippen LogP contribution in [0.1, 0.15) is 17.0 Å². The van der Waals surface area contributed by atoms with Crippen molar-refractivity contribution in [2.45, 2.75) is 6.92 Å². The lowest BCUT2D eigenvalue weighted by Crippen LogP contribution is -2.20. The van der Waals surface area contributed by atoms with Crippen LogP contribution in [0.15, 0.2) is 66.7 Å². The maximum atomic E-state index is 12.3. The van der Waals surface area contributed by atoms with Gasteiger partial charge in [-0.15, -0.1) is 0 Å². The fraction of sp³-hybridized carbons (Fsp3) is 0.115. The monoisotopic (exact) mass is 438 g/mol. The van der Waals surface area contributed by atoms with E-state index >= 15 is 0 Å². The van der Waals surface area contributed by atoms with Crippen molar-refractivity contribution in [2.75, 3.05) is 19.0 Å². The number of nitrogens with zero attached hydrogens (tertiary/aromatic N) is 2. The summed E-state index contributed by atoms with van der Waals surface area (Å²) in [5.41, 5.74) is 4.49. The minimum absolute atomic E-state index is 0.164. The molecule has 4 rings (SSSR count). The second-order valence-electron chi connectivity index (χ2n) is 7.33. The molecule has 7 heteroatoms. The largest absolute Gasteiger partial charge is 0.493 e. The summed E-state index contributed by atoms with van der Waals surface area (Å²) < 4.78 is 11.1. The summed E-state index contributed by atoms with van der Waals surface area (Å²) in [5.74, 6) is 1.10. The number of para-hydroxylation sites is 3. The molecule has 3 aromatic carbocycles. The van der Waals surface area contributed by atoms with Crippen LogP contribution in [0.2, 0.25) is 0 Å². The molecule has 1 heterocycles. The number of hydrogen-bond acceptors (Lipinski definition) is 5. The lowest BCUT2D eigenvalue weighted by molar-refractivity contribution is -0.118. The number of rotatable bonds is 7. The molecule has 0 aliphatic rings. The molecule has 0 saturated carbocycles. The quantitative estimate of drug-likeness (QED) is 0.397. The Bertz CT molecular complexity index is 1350. The van der Waals surface area contributed by atoms with Gasteiger partial charge in [-0.05, 0) is 54.5 Å². The predicted molar refractivity (Wildman–Crippen MR) is 128 cm³/mol. The molecule has 0 aliphatic heterocycles. The van der Waals surface area contributed by atoms with Crippen LogP contribution >= 0.6 is 0 Å². The van der Waals surface area contributed by atoms with Gasteiger partial charge in [0.05, 0.1) is 23.7 Å². The van der Waals surface area contributed by atoms with Gasteiger partial charge in [-0.1, -0.05) is 36.4 Å². The highest BCUT2D eigenvalue weighted by molar-refractivity contribution is 5.93. The highest BCUT2D eigenvalue weighted by Gasteiger charge is 2.11. The highest BCUT2D eigenvalue weighted by atomic mass is 16.5. The third-order valence-corrected chi connectivity index (χ3v) is 5.04. The number of nitriles is 1. The van der Waals surface area contributed by atoms with Gasteiger partial charge in [0.1, 0.15) is 11.9 Å². The van der Waals surface area contributed by atoms with E-state index < -0.39 is 0 Å². The molecule has 2 N–H and O–H groups in total. The molecule has 164 valence electrons. The molecule has 0 fully saturated rings. The molecule has 7 nitrogen and oxygen atoms in total. The Morgan fingerprint density at radius 1 is 1.12 bits per heavy atom. The number of H-pyrrole nitrogens is 1. The lowest BCUT2D eigenvalue weighted by Gasteiger charge is -2.12. The number of anilines is 1. The summed E-state index contributed by atoms with van der Waals surface area (Å²) in [6, 6.07) is 22.6. The van der Waals surface area contributed by atoms with Crippen molar-refractivity contribution in [1.29, 1.82) is 5.26 Å². The Labute approximate surface area is 191 Å². The van der Waals surface area contributed by atoms with Crippen LogP contribution in [0, 0.1) is 18.3 Å². The molecule has 0 spiro atoms. The number of aryl methyl sites for hydroxylation is 1. The number of aromatic amines is 1. The number of methoxy groups -OCH3 is 1. The van der Waals surface area contributed by atoms with Crippen LogP contribution in [0.3, 0.4) is 0 Å². The number of carbonyl (C=O) groups excluding carboxylic acids is 1. The minimum Gasteiger partial charge on any atom is -0.493 e. The number of fused-ring (bicyclic) bond motifs is 1. The first-order chi connectivity index (χ1) is 16.1. The van der Waals surface area contributed by atoms with Crippen LogP contribution in [0.5, 0.6) is 11.5 Å². The molecule has 0 unspecified atom stereocenters. The standard InChI is InChI=1S/C26H22N4O3/c1-17-7-3-4-8-20(17)28-25(31)16-33-23-12-11-18(14-24(23)32-2)13-19(15-27)26-29-21-9-5-6-10-22(21)30-26/h3-14H,16H2,1-2H3,(H,28,31)(H,29,30)/b19-13+. The Kier molecular flexibility index (Phi) is 6.37. The lowest BCUT2D eigenvalue weighted by atomic mass is 10.1. The van der Waals surface area contributed by atoms with E-state index in [0.29, 0.717) is 22.9 Å². The number of hydrogen-bond donors (Lipinski definition) is 2. The van der Waals surface area contributed by atoms with Gasteiger partial charge in [-0.25, -0.2) is 4.98 Å². The van der Waals surface area contributed by atoms with Gasteiger partial charge in [-0.2, -0.15) is 5.26 Å². The van der Waals surface area contributed by atoms with Crippen LogP contribution in [-0.4, -0.2) is 29.6 Å². The first kappa shape index (κ1) is 21.7. The number of amides is 1. The molecule has 33 heavy (non-hydrogen) atoms. The van der Waals surface area contributed by atoms with Gasteiger partial charge in [-0.3, -0.25) is 4.79 Å². The molecule has 4 aromatic rings. The molecule has 0 saturated heterocycles. The van der Waals surface area contributed by atoms with Crippen LogP contribution in [0.4, 0.5) is 5.69 Å². The van der Waals surface area contributed by atoms with E-state index in [1.54, 1.807) is 24.3 Å².